The second kappa shape index (κ2) is 5.22. The Labute approximate surface area is 120 Å². The summed E-state index contributed by atoms with van der Waals surface area (Å²) in [7, 11) is 0. The first-order valence-electron chi connectivity index (χ1n) is 6.65. The van der Waals surface area contributed by atoms with Gasteiger partial charge in [0, 0.05) is 5.54 Å². The van der Waals surface area contributed by atoms with Crippen LogP contribution < -0.4 is 16.6 Å². The number of rotatable bonds is 4. The average Bonchev–Trinajstić information content (AvgIpc) is 3.20. The number of carbonyl (C=O) groups is 1. The lowest BCUT2D eigenvalue weighted by Gasteiger charge is -2.26. The molecule has 4 nitrogen and oxygen atoms in total. The minimum Gasteiger partial charge on any atom is -0.347 e. The molecule has 0 spiro atoms. The van der Waals surface area contributed by atoms with E-state index in [0.717, 1.165) is 31.0 Å². The molecule has 0 unspecified atom stereocenters. The van der Waals surface area contributed by atoms with Crippen LogP contribution in [0.4, 0.5) is 18.9 Å². The molecule has 1 fully saturated rings. The third kappa shape index (κ3) is 3.47. The summed E-state index contributed by atoms with van der Waals surface area (Å²) in [5.41, 5.74) is 0.981. The minimum absolute atomic E-state index is 0.110. The van der Waals surface area contributed by atoms with Gasteiger partial charge in [0.2, 0.25) is 0 Å². The lowest BCUT2D eigenvalue weighted by Crippen LogP contribution is -2.45. The molecule has 1 aliphatic carbocycles. The number of hydrogen-bond acceptors (Lipinski definition) is 3. The molecule has 2 rings (SSSR count). The quantitative estimate of drug-likeness (QED) is 0.592. The third-order valence-electron chi connectivity index (χ3n) is 3.78. The van der Waals surface area contributed by atoms with Crippen LogP contribution in [0.5, 0.6) is 0 Å². The summed E-state index contributed by atoms with van der Waals surface area (Å²) in [6.45, 7) is 3.73. The average molecular weight is 301 g/mol. The van der Waals surface area contributed by atoms with E-state index in [1.807, 2.05) is 13.8 Å². The van der Waals surface area contributed by atoms with E-state index in [4.69, 9.17) is 5.84 Å². The van der Waals surface area contributed by atoms with Crippen molar-refractivity contribution in [3.8, 4) is 0 Å². The third-order valence-corrected chi connectivity index (χ3v) is 3.78. The van der Waals surface area contributed by atoms with Crippen LogP contribution in [0, 0.1) is 5.92 Å². The molecule has 4 N–H and O–H groups in total. The number of carbonyl (C=O) groups excluding carboxylic acids is 1. The zero-order valence-corrected chi connectivity index (χ0v) is 11.8. The van der Waals surface area contributed by atoms with Crippen LogP contribution in [0.1, 0.15) is 42.6 Å². The Morgan fingerprint density at radius 2 is 1.90 bits per heavy atom. The second-order valence-electron chi connectivity index (χ2n) is 5.85. The normalized spacial score (nSPS) is 15.7. The molecule has 21 heavy (non-hydrogen) atoms. The Bertz CT molecular complexity index is 551. The van der Waals surface area contributed by atoms with E-state index in [9.17, 15) is 18.0 Å². The molecule has 1 aromatic rings. The monoisotopic (exact) mass is 301 g/mol. The van der Waals surface area contributed by atoms with Gasteiger partial charge < -0.3 is 10.7 Å². The number of nitrogens with two attached hydrogens (primary N) is 1. The van der Waals surface area contributed by atoms with Crippen LogP contribution in [-0.4, -0.2) is 11.4 Å². The molecule has 0 bridgehead atoms. The first-order chi connectivity index (χ1) is 9.65. The number of alkyl halides is 3. The van der Waals surface area contributed by atoms with Gasteiger partial charge in [0.25, 0.3) is 5.91 Å². The highest BCUT2D eigenvalue weighted by atomic mass is 19.4. The van der Waals surface area contributed by atoms with E-state index < -0.39 is 23.2 Å². The summed E-state index contributed by atoms with van der Waals surface area (Å²) < 4.78 is 38.3. The number of halogens is 3. The van der Waals surface area contributed by atoms with Crippen LogP contribution >= 0.6 is 0 Å². The number of nitrogen functional groups attached to an aromatic ring is 1. The highest BCUT2D eigenvalue weighted by molar-refractivity contribution is 6.00. The van der Waals surface area contributed by atoms with Crippen LogP contribution in [-0.2, 0) is 6.18 Å². The van der Waals surface area contributed by atoms with Gasteiger partial charge in [-0.25, -0.2) is 0 Å². The van der Waals surface area contributed by atoms with Gasteiger partial charge in [-0.3, -0.25) is 10.6 Å². The Morgan fingerprint density at radius 1 is 1.29 bits per heavy atom. The van der Waals surface area contributed by atoms with Gasteiger partial charge in [0.15, 0.2) is 0 Å². The van der Waals surface area contributed by atoms with E-state index >= 15 is 0 Å². The molecule has 0 aromatic heterocycles. The van der Waals surface area contributed by atoms with Crippen molar-refractivity contribution in [3.63, 3.8) is 0 Å². The lowest BCUT2D eigenvalue weighted by atomic mass is 9.97. The van der Waals surface area contributed by atoms with Crippen LogP contribution in [0.2, 0.25) is 0 Å². The minimum atomic E-state index is -4.51. The van der Waals surface area contributed by atoms with Crippen molar-refractivity contribution in [2.45, 2.75) is 38.4 Å². The van der Waals surface area contributed by atoms with Crippen molar-refractivity contribution in [1.29, 1.82) is 0 Å². The summed E-state index contributed by atoms with van der Waals surface area (Å²) in [4.78, 5) is 12.3. The van der Waals surface area contributed by atoms with E-state index in [-0.39, 0.29) is 11.3 Å². The molecule has 1 aliphatic rings. The van der Waals surface area contributed by atoms with Crippen molar-refractivity contribution in [1.82, 2.24) is 5.32 Å². The van der Waals surface area contributed by atoms with Gasteiger partial charge in [-0.1, -0.05) is 0 Å². The number of hydrogen-bond donors (Lipinski definition) is 3. The highest BCUT2D eigenvalue weighted by Gasteiger charge is 2.39. The fourth-order valence-electron chi connectivity index (χ4n) is 2.30. The first kappa shape index (κ1) is 15.6. The summed E-state index contributed by atoms with van der Waals surface area (Å²) >= 11 is 0. The molecule has 0 heterocycles. The largest absolute Gasteiger partial charge is 0.416 e. The summed E-state index contributed by atoms with van der Waals surface area (Å²) in [6.07, 6.45) is -2.48. The Balaban J connectivity index is 2.30. The maximum atomic E-state index is 12.8. The molecule has 0 aliphatic heterocycles. The summed E-state index contributed by atoms with van der Waals surface area (Å²) in [6, 6.07) is 2.85. The van der Waals surface area contributed by atoms with E-state index in [1.165, 1.54) is 0 Å². The molecule has 7 heteroatoms. The molecule has 116 valence electrons. The number of nitrogens with one attached hydrogen (secondary N) is 2. The van der Waals surface area contributed by atoms with E-state index in [1.54, 1.807) is 0 Å². The maximum absolute atomic E-state index is 12.8. The standard InChI is InChI=1S/C14H18F3N3O/c1-13(2,8-3-4-8)19-12(21)10-7-9(14(15,16)17)5-6-11(10)20-18/h5-8,20H,3-4,18H2,1-2H3,(H,19,21). The van der Waals surface area contributed by atoms with Gasteiger partial charge >= 0.3 is 6.18 Å². The topological polar surface area (TPSA) is 67.2 Å². The Morgan fingerprint density at radius 3 is 2.38 bits per heavy atom. The van der Waals surface area contributed by atoms with E-state index in [2.05, 4.69) is 10.7 Å². The number of anilines is 1. The zero-order valence-electron chi connectivity index (χ0n) is 11.8. The van der Waals surface area contributed by atoms with E-state index in [0.29, 0.717) is 5.92 Å². The Hall–Kier alpha value is -1.76. The molecular formula is C14H18F3N3O. The highest BCUT2D eigenvalue weighted by Crippen LogP contribution is 2.39. The predicted octanol–water partition coefficient (Wildman–Crippen LogP) is 2.91. The first-order valence-corrected chi connectivity index (χ1v) is 6.65. The predicted molar refractivity (Wildman–Crippen MR) is 73.5 cm³/mol. The summed E-state index contributed by atoms with van der Waals surface area (Å²) in [5.74, 6) is 5.07. The van der Waals surface area contributed by atoms with Gasteiger partial charge in [-0.2, -0.15) is 13.2 Å². The van der Waals surface area contributed by atoms with Gasteiger partial charge in [0.05, 0.1) is 16.8 Å². The summed E-state index contributed by atoms with van der Waals surface area (Å²) in [5, 5.41) is 2.79. The fourth-order valence-corrected chi connectivity index (χ4v) is 2.30. The van der Waals surface area contributed by atoms with Gasteiger partial charge in [-0.05, 0) is 50.8 Å². The molecule has 1 amide bonds. The maximum Gasteiger partial charge on any atom is 0.416 e. The SMILES string of the molecule is CC(C)(NC(=O)c1cc(C(F)(F)F)ccc1NN)C1CC1. The smallest absolute Gasteiger partial charge is 0.347 e. The van der Waals surface area contributed by atoms with Gasteiger partial charge in [-0.15, -0.1) is 0 Å². The van der Waals surface area contributed by atoms with Crippen molar-refractivity contribution in [2.24, 2.45) is 11.8 Å². The zero-order chi connectivity index (χ0) is 15.8. The van der Waals surface area contributed by atoms with Crippen LogP contribution in [0.15, 0.2) is 18.2 Å². The molecule has 0 atom stereocenters. The van der Waals surface area contributed by atoms with Crippen LogP contribution in [0.25, 0.3) is 0 Å². The second-order valence-corrected chi connectivity index (χ2v) is 5.85. The molecule has 1 saturated carbocycles. The van der Waals surface area contributed by atoms with Gasteiger partial charge in [0.1, 0.15) is 0 Å². The molecule has 1 aromatic carbocycles. The van der Waals surface area contributed by atoms with Crippen LogP contribution in [0.3, 0.4) is 0 Å². The van der Waals surface area contributed by atoms with Crippen molar-refractivity contribution >= 4 is 11.6 Å². The number of amides is 1. The molecule has 0 saturated heterocycles. The van der Waals surface area contributed by atoms with Crippen molar-refractivity contribution in [3.05, 3.63) is 29.3 Å². The molecular weight excluding hydrogens is 283 g/mol. The lowest BCUT2D eigenvalue weighted by molar-refractivity contribution is -0.137. The fraction of sp³-hybridized carbons (Fsp3) is 0.500. The van der Waals surface area contributed by atoms with Crippen molar-refractivity contribution in [2.75, 3.05) is 5.43 Å². The number of benzene rings is 1. The van der Waals surface area contributed by atoms with Crippen molar-refractivity contribution < 1.29 is 18.0 Å². The number of hydrazine groups is 1. The Kier molecular flexibility index (Phi) is 3.88. The molecule has 0 radical (unpaired) electrons.